The SMILES string of the molecule is NC(=O)N1C2CCC1CN(CCOc1ccc(Oc3nc4ncccc4s3)cc1)C2. The van der Waals surface area contributed by atoms with Gasteiger partial charge in [0.05, 0.1) is 4.70 Å². The van der Waals surface area contributed by atoms with E-state index in [-0.39, 0.29) is 18.1 Å². The number of benzene rings is 1. The first-order chi connectivity index (χ1) is 14.7. The molecule has 2 aliphatic heterocycles. The molecule has 0 aliphatic carbocycles. The Hall–Kier alpha value is -2.91. The van der Waals surface area contributed by atoms with Crippen LogP contribution in [0.5, 0.6) is 16.7 Å². The number of fused-ring (bicyclic) bond motifs is 3. The van der Waals surface area contributed by atoms with Crippen LogP contribution in [-0.2, 0) is 0 Å². The normalized spacial score (nSPS) is 21.1. The molecule has 156 valence electrons. The fraction of sp³-hybridized carbons (Fsp3) is 0.381. The van der Waals surface area contributed by atoms with E-state index in [9.17, 15) is 4.79 Å². The number of hydrogen-bond acceptors (Lipinski definition) is 7. The summed E-state index contributed by atoms with van der Waals surface area (Å²) in [6.07, 6.45) is 3.80. The highest BCUT2D eigenvalue weighted by atomic mass is 32.1. The lowest BCUT2D eigenvalue weighted by molar-refractivity contribution is 0.0830. The Morgan fingerprint density at radius 3 is 2.57 bits per heavy atom. The quantitative estimate of drug-likeness (QED) is 0.652. The highest BCUT2D eigenvalue weighted by molar-refractivity contribution is 7.20. The number of thiazole rings is 1. The Morgan fingerprint density at radius 2 is 1.87 bits per heavy atom. The van der Waals surface area contributed by atoms with Gasteiger partial charge in [0.15, 0.2) is 5.65 Å². The van der Waals surface area contributed by atoms with Crippen molar-refractivity contribution in [3.8, 4) is 16.7 Å². The molecule has 2 unspecified atom stereocenters. The zero-order valence-corrected chi connectivity index (χ0v) is 17.3. The summed E-state index contributed by atoms with van der Waals surface area (Å²) in [6, 6.07) is 11.6. The van der Waals surface area contributed by atoms with Crippen molar-refractivity contribution in [3.63, 3.8) is 0 Å². The van der Waals surface area contributed by atoms with Crippen molar-refractivity contribution in [1.82, 2.24) is 19.8 Å². The molecule has 2 aromatic heterocycles. The molecule has 2 N–H and O–H groups in total. The van der Waals surface area contributed by atoms with Crippen LogP contribution in [0.15, 0.2) is 42.6 Å². The Bertz CT molecular complexity index is 994. The van der Waals surface area contributed by atoms with Crippen molar-refractivity contribution in [2.75, 3.05) is 26.2 Å². The van der Waals surface area contributed by atoms with Crippen LogP contribution in [0.4, 0.5) is 4.79 Å². The van der Waals surface area contributed by atoms with Crippen molar-refractivity contribution < 1.29 is 14.3 Å². The molecule has 0 saturated carbocycles. The molecular formula is C21H23N5O3S. The third kappa shape index (κ3) is 3.90. The van der Waals surface area contributed by atoms with E-state index in [2.05, 4.69) is 14.9 Å². The number of carbonyl (C=O) groups is 1. The molecule has 30 heavy (non-hydrogen) atoms. The van der Waals surface area contributed by atoms with Crippen molar-refractivity contribution in [1.29, 1.82) is 0 Å². The summed E-state index contributed by atoms with van der Waals surface area (Å²) >= 11 is 1.47. The van der Waals surface area contributed by atoms with Gasteiger partial charge in [-0.25, -0.2) is 9.78 Å². The summed E-state index contributed by atoms with van der Waals surface area (Å²) in [6.45, 7) is 3.16. The molecule has 0 spiro atoms. The van der Waals surface area contributed by atoms with Crippen molar-refractivity contribution >= 4 is 27.7 Å². The van der Waals surface area contributed by atoms with Crippen LogP contribution in [0.1, 0.15) is 12.8 Å². The van der Waals surface area contributed by atoms with Crippen molar-refractivity contribution in [3.05, 3.63) is 42.6 Å². The zero-order valence-electron chi connectivity index (χ0n) is 16.4. The second-order valence-corrected chi connectivity index (χ2v) is 8.61. The second-order valence-electron chi connectivity index (χ2n) is 7.62. The predicted octanol–water partition coefficient (Wildman–Crippen LogP) is 3.09. The third-order valence-electron chi connectivity index (χ3n) is 5.66. The number of pyridine rings is 1. The molecule has 9 heteroatoms. The lowest BCUT2D eigenvalue weighted by atomic mass is 10.2. The smallest absolute Gasteiger partial charge is 0.315 e. The fourth-order valence-corrected chi connectivity index (χ4v) is 5.12. The molecule has 2 amide bonds. The van der Waals surface area contributed by atoms with Gasteiger partial charge >= 0.3 is 6.03 Å². The van der Waals surface area contributed by atoms with Gasteiger partial charge in [-0.3, -0.25) is 4.90 Å². The fourth-order valence-electron chi connectivity index (χ4n) is 4.32. The van der Waals surface area contributed by atoms with Crippen LogP contribution in [-0.4, -0.2) is 64.1 Å². The van der Waals surface area contributed by atoms with E-state index < -0.39 is 0 Å². The molecule has 1 aromatic carbocycles. The van der Waals surface area contributed by atoms with Gasteiger partial charge in [-0.2, -0.15) is 4.98 Å². The lowest BCUT2D eigenvalue weighted by Crippen LogP contribution is -2.57. The Morgan fingerprint density at radius 1 is 1.13 bits per heavy atom. The standard InChI is InChI=1S/C21H23N5O3S/c22-20(27)26-14-3-4-15(26)13-25(12-14)10-11-28-16-5-7-17(8-6-16)29-21-24-19-18(30-21)2-1-9-23-19/h1-2,5-9,14-15H,3-4,10-13H2,(H2,22,27). The van der Waals surface area contributed by atoms with E-state index in [0.29, 0.717) is 23.2 Å². The molecular weight excluding hydrogens is 402 g/mol. The number of aromatic nitrogens is 2. The minimum Gasteiger partial charge on any atom is -0.492 e. The van der Waals surface area contributed by atoms with E-state index in [1.54, 1.807) is 6.20 Å². The molecule has 2 atom stereocenters. The van der Waals surface area contributed by atoms with E-state index in [4.69, 9.17) is 15.2 Å². The van der Waals surface area contributed by atoms with Crippen molar-refractivity contribution in [2.45, 2.75) is 24.9 Å². The van der Waals surface area contributed by atoms with Gasteiger partial charge in [0.1, 0.15) is 18.1 Å². The largest absolute Gasteiger partial charge is 0.492 e. The maximum Gasteiger partial charge on any atom is 0.315 e. The predicted molar refractivity (Wildman–Crippen MR) is 114 cm³/mol. The Labute approximate surface area is 178 Å². The zero-order chi connectivity index (χ0) is 20.5. The van der Waals surface area contributed by atoms with Gasteiger partial charge in [-0.15, -0.1) is 0 Å². The number of ether oxygens (including phenoxy) is 2. The number of rotatable bonds is 6. The van der Waals surface area contributed by atoms with Crippen LogP contribution in [0.3, 0.4) is 0 Å². The number of piperazine rings is 1. The molecule has 0 radical (unpaired) electrons. The van der Waals surface area contributed by atoms with E-state index in [0.717, 1.165) is 42.9 Å². The molecule has 8 nitrogen and oxygen atoms in total. The van der Waals surface area contributed by atoms with E-state index in [1.165, 1.54) is 11.3 Å². The van der Waals surface area contributed by atoms with E-state index >= 15 is 0 Å². The second kappa shape index (κ2) is 8.08. The highest BCUT2D eigenvalue weighted by Crippen LogP contribution is 2.31. The van der Waals surface area contributed by atoms with Gasteiger partial charge in [0, 0.05) is 37.9 Å². The molecule has 5 rings (SSSR count). The first-order valence-corrected chi connectivity index (χ1v) is 10.9. The average Bonchev–Trinajstić information content (AvgIpc) is 3.27. The van der Waals surface area contributed by atoms with Crippen LogP contribution < -0.4 is 15.2 Å². The molecule has 2 fully saturated rings. The maximum absolute atomic E-state index is 11.6. The number of amides is 2. The van der Waals surface area contributed by atoms with Crippen molar-refractivity contribution in [2.24, 2.45) is 5.73 Å². The average molecular weight is 426 g/mol. The minimum atomic E-state index is -0.289. The summed E-state index contributed by atoms with van der Waals surface area (Å²) in [7, 11) is 0. The molecule has 3 aromatic rings. The van der Waals surface area contributed by atoms with E-state index in [1.807, 2.05) is 41.3 Å². The summed E-state index contributed by atoms with van der Waals surface area (Å²) in [4.78, 5) is 24.4. The van der Waals surface area contributed by atoms with Gasteiger partial charge in [0.2, 0.25) is 0 Å². The molecule has 2 bridgehead atoms. The Kier molecular flexibility index (Phi) is 5.14. The lowest BCUT2D eigenvalue weighted by Gasteiger charge is -2.40. The molecule has 2 saturated heterocycles. The van der Waals surface area contributed by atoms with Crippen LogP contribution >= 0.6 is 11.3 Å². The number of primary amides is 1. The van der Waals surface area contributed by atoms with Crippen LogP contribution in [0.25, 0.3) is 10.3 Å². The third-order valence-corrected chi connectivity index (χ3v) is 6.55. The number of hydrogen-bond donors (Lipinski definition) is 1. The van der Waals surface area contributed by atoms with Crippen LogP contribution in [0.2, 0.25) is 0 Å². The van der Waals surface area contributed by atoms with Gasteiger partial charge in [-0.1, -0.05) is 11.3 Å². The van der Waals surface area contributed by atoms with Gasteiger partial charge in [-0.05, 0) is 49.2 Å². The maximum atomic E-state index is 11.6. The topological polar surface area (TPSA) is 93.8 Å². The Balaban J connectivity index is 1.11. The van der Waals surface area contributed by atoms with Gasteiger partial charge < -0.3 is 20.1 Å². The number of likely N-dealkylation sites (tertiary alicyclic amines) is 1. The van der Waals surface area contributed by atoms with Crippen LogP contribution in [0, 0.1) is 0 Å². The first-order valence-electron chi connectivity index (χ1n) is 10.1. The summed E-state index contributed by atoms with van der Waals surface area (Å²) in [5, 5.41) is 0.571. The van der Waals surface area contributed by atoms with Gasteiger partial charge in [0.25, 0.3) is 5.19 Å². The summed E-state index contributed by atoms with van der Waals surface area (Å²) in [5.74, 6) is 1.51. The first kappa shape index (κ1) is 19.1. The summed E-state index contributed by atoms with van der Waals surface area (Å²) < 4.78 is 12.7. The number of nitrogens with zero attached hydrogens (tertiary/aromatic N) is 4. The number of carbonyl (C=O) groups excluding carboxylic acids is 1. The molecule has 2 aliphatic rings. The number of urea groups is 1. The minimum absolute atomic E-state index is 0.246. The monoisotopic (exact) mass is 425 g/mol. The highest BCUT2D eigenvalue weighted by Gasteiger charge is 2.41. The summed E-state index contributed by atoms with van der Waals surface area (Å²) in [5.41, 5.74) is 6.21. The number of nitrogens with two attached hydrogens (primary N) is 1. The molecule has 4 heterocycles.